The van der Waals surface area contributed by atoms with Gasteiger partial charge >= 0.3 is 0 Å². The van der Waals surface area contributed by atoms with Crippen molar-refractivity contribution in [2.24, 2.45) is 0 Å². The predicted molar refractivity (Wildman–Crippen MR) is 91.8 cm³/mol. The summed E-state index contributed by atoms with van der Waals surface area (Å²) in [5.74, 6) is 0.687. The second-order valence-corrected chi connectivity index (χ2v) is 6.84. The first-order chi connectivity index (χ1) is 11.7. The summed E-state index contributed by atoms with van der Waals surface area (Å²) in [6.45, 7) is 4.25. The van der Waals surface area contributed by atoms with Crippen molar-refractivity contribution in [3.05, 3.63) is 41.8 Å². The van der Waals surface area contributed by atoms with Crippen molar-refractivity contribution in [3.63, 3.8) is 0 Å². The number of likely N-dealkylation sites (tertiary alicyclic amines) is 1. The monoisotopic (exact) mass is 325 g/mol. The van der Waals surface area contributed by atoms with Gasteiger partial charge in [-0.05, 0) is 57.8 Å². The van der Waals surface area contributed by atoms with Crippen molar-refractivity contribution in [2.45, 2.75) is 44.7 Å². The number of hydrogen-bond acceptors (Lipinski definition) is 4. The fourth-order valence-corrected chi connectivity index (χ4v) is 3.67. The minimum Gasteiger partial charge on any atom is -0.431 e. The van der Waals surface area contributed by atoms with E-state index in [1.165, 1.54) is 25.9 Å². The van der Waals surface area contributed by atoms with Crippen LogP contribution in [0.15, 0.2) is 34.7 Å². The summed E-state index contributed by atoms with van der Waals surface area (Å²) in [6.07, 6.45) is 4.72. The fraction of sp³-hybridized carbons (Fsp3) is 0.474. The van der Waals surface area contributed by atoms with E-state index >= 15 is 0 Å². The third kappa shape index (κ3) is 2.96. The zero-order chi connectivity index (χ0) is 16.5. The summed E-state index contributed by atoms with van der Waals surface area (Å²) < 4.78 is 5.72. The topological polar surface area (TPSA) is 58.4 Å². The van der Waals surface area contributed by atoms with E-state index in [-0.39, 0.29) is 11.9 Å². The molecule has 24 heavy (non-hydrogen) atoms. The number of rotatable bonds is 4. The lowest BCUT2D eigenvalue weighted by Gasteiger charge is -2.41. The highest BCUT2D eigenvalue weighted by Crippen LogP contribution is 2.29. The van der Waals surface area contributed by atoms with Crippen LogP contribution >= 0.6 is 0 Å². The van der Waals surface area contributed by atoms with Gasteiger partial charge < -0.3 is 14.6 Å². The zero-order valence-corrected chi connectivity index (χ0v) is 14.0. The molecule has 2 aromatic rings. The predicted octanol–water partition coefficient (Wildman–Crippen LogP) is 3.01. The van der Waals surface area contributed by atoms with Crippen molar-refractivity contribution < 1.29 is 9.21 Å². The van der Waals surface area contributed by atoms with Gasteiger partial charge in [-0.2, -0.15) is 0 Å². The molecule has 2 aliphatic rings. The first-order valence-corrected chi connectivity index (χ1v) is 8.78. The third-order valence-corrected chi connectivity index (χ3v) is 5.13. The highest BCUT2D eigenvalue weighted by atomic mass is 16.4. The van der Waals surface area contributed by atoms with Gasteiger partial charge in [0.15, 0.2) is 0 Å². The molecule has 1 aliphatic carbocycles. The van der Waals surface area contributed by atoms with Gasteiger partial charge in [-0.15, -0.1) is 0 Å². The SMILES string of the molecule is Cc1nc(-c2ccccc2)oc1C(=O)NC1CC(N2CCCC2)C1. The van der Waals surface area contributed by atoms with Gasteiger partial charge in [0, 0.05) is 17.6 Å². The maximum Gasteiger partial charge on any atom is 0.289 e. The number of aryl methyl sites for hydroxylation is 1. The maximum atomic E-state index is 12.5. The van der Waals surface area contributed by atoms with Crippen molar-refractivity contribution in [2.75, 3.05) is 13.1 Å². The lowest BCUT2D eigenvalue weighted by molar-refractivity contribution is 0.0794. The highest BCUT2D eigenvalue weighted by Gasteiger charge is 2.36. The van der Waals surface area contributed by atoms with Crippen LogP contribution in [0.2, 0.25) is 0 Å². The maximum absolute atomic E-state index is 12.5. The highest BCUT2D eigenvalue weighted by molar-refractivity contribution is 5.93. The van der Waals surface area contributed by atoms with Gasteiger partial charge in [0.1, 0.15) is 0 Å². The Morgan fingerprint density at radius 2 is 1.92 bits per heavy atom. The van der Waals surface area contributed by atoms with E-state index in [4.69, 9.17) is 4.42 Å². The number of benzene rings is 1. The van der Waals surface area contributed by atoms with Crippen LogP contribution in [0.25, 0.3) is 11.5 Å². The lowest BCUT2D eigenvalue weighted by Crippen LogP contribution is -2.53. The molecule has 5 heteroatoms. The summed E-state index contributed by atoms with van der Waals surface area (Å²) in [6, 6.07) is 10.6. The molecule has 0 bridgehead atoms. The molecule has 0 unspecified atom stereocenters. The van der Waals surface area contributed by atoms with E-state index in [0.717, 1.165) is 18.4 Å². The number of aromatic nitrogens is 1. The molecule has 1 aliphatic heterocycles. The van der Waals surface area contributed by atoms with Crippen LogP contribution in [0.5, 0.6) is 0 Å². The standard InChI is InChI=1S/C19H23N3O2/c1-13-17(24-19(20-13)14-7-3-2-4-8-14)18(23)21-15-11-16(12-15)22-9-5-6-10-22/h2-4,7-8,15-16H,5-6,9-12H2,1H3,(H,21,23). The van der Waals surface area contributed by atoms with Crippen molar-refractivity contribution >= 4 is 5.91 Å². The smallest absolute Gasteiger partial charge is 0.289 e. The van der Waals surface area contributed by atoms with E-state index < -0.39 is 0 Å². The Hall–Kier alpha value is -2.14. The van der Waals surface area contributed by atoms with Crippen LogP contribution in [0.1, 0.15) is 41.9 Å². The molecule has 4 rings (SSSR count). The first-order valence-electron chi connectivity index (χ1n) is 8.78. The molecule has 0 atom stereocenters. The molecule has 2 heterocycles. The number of carbonyl (C=O) groups is 1. The Morgan fingerprint density at radius 3 is 2.62 bits per heavy atom. The van der Waals surface area contributed by atoms with E-state index in [9.17, 15) is 4.79 Å². The van der Waals surface area contributed by atoms with Crippen molar-refractivity contribution in [1.29, 1.82) is 0 Å². The Bertz CT molecular complexity index is 713. The molecule has 1 amide bonds. The number of nitrogens with zero attached hydrogens (tertiary/aromatic N) is 2. The number of oxazole rings is 1. The summed E-state index contributed by atoms with van der Waals surface area (Å²) in [5, 5.41) is 3.09. The molecule has 2 fully saturated rings. The molecule has 5 nitrogen and oxygen atoms in total. The van der Waals surface area contributed by atoms with Gasteiger partial charge in [-0.1, -0.05) is 18.2 Å². The van der Waals surface area contributed by atoms with Crippen LogP contribution < -0.4 is 5.32 Å². The number of carbonyl (C=O) groups excluding carboxylic acids is 1. The van der Waals surface area contributed by atoms with E-state index in [2.05, 4.69) is 15.2 Å². The van der Waals surface area contributed by atoms with Gasteiger partial charge in [-0.25, -0.2) is 4.98 Å². The Balaban J connectivity index is 1.38. The molecule has 1 aromatic carbocycles. The Kier molecular flexibility index (Phi) is 4.10. The van der Waals surface area contributed by atoms with Crippen LogP contribution in [0.4, 0.5) is 0 Å². The molecular weight excluding hydrogens is 302 g/mol. The minimum atomic E-state index is -0.146. The molecule has 1 N–H and O–H groups in total. The molecule has 1 saturated heterocycles. The minimum absolute atomic E-state index is 0.146. The van der Waals surface area contributed by atoms with E-state index in [1.54, 1.807) is 0 Å². The summed E-state index contributed by atoms with van der Waals surface area (Å²) in [7, 11) is 0. The van der Waals surface area contributed by atoms with E-state index in [0.29, 0.717) is 23.4 Å². The molecule has 126 valence electrons. The van der Waals surface area contributed by atoms with Gasteiger partial charge in [-0.3, -0.25) is 4.79 Å². The summed E-state index contributed by atoms with van der Waals surface area (Å²) in [5.41, 5.74) is 1.53. The average Bonchev–Trinajstić information content (AvgIpc) is 3.21. The average molecular weight is 325 g/mol. The van der Waals surface area contributed by atoms with Gasteiger partial charge in [0.25, 0.3) is 5.91 Å². The molecular formula is C19H23N3O2. The third-order valence-electron chi connectivity index (χ3n) is 5.13. The number of nitrogens with one attached hydrogen (secondary N) is 1. The van der Waals surface area contributed by atoms with Gasteiger partial charge in [0.05, 0.1) is 5.69 Å². The normalized spacial score (nSPS) is 23.9. The molecule has 1 saturated carbocycles. The van der Waals surface area contributed by atoms with Crippen LogP contribution in [-0.4, -0.2) is 41.0 Å². The zero-order valence-electron chi connectivity index (χ0n) is 14.0. The summed E-state index contributed by atoms with van der Waals surface area (Å²) >= 11 is 0. The number of hydrogen-bond donors (Lipinski definition) is 1. The van der Waals surface area contributed by atoms with Crippen molar-refractivity contribution in [1.82, 2.24) is 15.2 Å². The van der Waals surface area contributed by atoms with Crippen LogP contribution in [0.3, 0.4) is 0 Å². The number of amides is 1. The second kappa shape index (κ2) is 6.40. The van der Waals surface area contributed by atoms with Gasteiger partial charge in [0.2, 0.25) is 11.7 Å². The molecule has 0 radical (unpaired) electrons. The second-order valence-electron chi connectivity index (χ2n) is 6.84. The Morgan fingerprint density at radius 1 is 1.21 bits per heavy atom. The fourth-order valence-electron chi connectivity index (χ4n) is 3.67. The quantitative estimate of drug-likeness (QED) is 0.939. The molecule has 1 aromatic heterocycles. The van der Waals surface area contributed by atoms with Crippen molar-refractivity contribution in [3.8, 4) is 11.5 Å². The largest absolute Gasteiger partial charge is 0.431 e. The Labute approximate surface area is 142 Å². The first kappa shape index (κ1) is 15.4. The molecule has 0 spiro atoms. The van der Waals surface area contributed by atoms with Crippen LogP contribution in [0, 0.1) is 6.92 Å². The summed E-state index contributed by atoms with van der Waals surface area (Å²) in [4.78, 5) is 19.4. The van der Waals surface area contributed by atoms with Crippen LogP contribution in [-0.2, 0) is 0 Å². The van der Waals surface area contributed by atoms with E-state index in [1.807, 2.05) is 37.3 Å². The lowest BCUT2D eigenvalue weighted by atomic mass is 9.85.